The highest BCUT2D eigenvalue weighted by atomic mass is 35.5. The molecule has 4 rings (SSSR count). The van der Waals surface area contributed by atoms with E-state index < -0.39 is 18.4 Å². The van der Waals surface area contributed by atoms with Gasteiger partial charge in [-0.2, -0.15) is 0 Å². The van der Waals surface area contributed by atoms with Crippen molar-refractivity contribution in [3.63, 3.8) is 0 Å². The third-order valence-electron chi connectivity index (χ3n) is 5.84. The Labute approximate surface area is 181 Å². The second kappa shape index (κ2) is 9.49. The minimum absolute atomic E-state index is 0.411. The summed E-state index contributed by atoms with van der Waals surface area (Å²) >= 11 is 6.39. The number of rotatable bonds is 3. The Kier molecular flexibility index (Phi) is 7.00. The minimum Gasteiger partial charge on any atom is -0.495 e. The van der Waals surface area contributed by atoms with Crippen molar-refractivity contribution in [1.29, 1.82) is 0 Å². The van der Waals surface area contributed by atoms with Crippen molar-refractivity contribution in [3.8, 4) is 5.75 Å². The van der Waals surface area contributed by atoms with Gasteiger partial charge in [0.15, 0.2) is 0 Å². The highest BCUT2D eigenvalue weighted by molar-refractivity contribution is 6.32. The van der Waals surface area contributed by atoms with Crippen molar-refractivity contribution in [2.75, 3.05) is 20.7 Å². The largest absolute Gasteiger partial charge is 0.495 e. The number of carbonyl (C=O) groups is 2. The summed E-state index contributed by atoms with van der Waals surface area (Å²) in [6, 6.07) is 13.7. The maximum absolute atomic E-state index is 9.43. The van der Waals surface area contributed by atoms with Crippen molar-refractivity contribution in [3.05, 3.63) is 63.7 Å². The summed E-state index contributed by atoms with van der Waals surface area (Å²) in [5, 5.41) is 16.1. The predicted octanol–water partition coefficient (Wildman–Crippen LogP) is 3.83. The van der Waals surface area contributed by atoms with E-state index in [0.29, 0.717) is 12.0 Å². The molecule has 7 heteroatoms. The molecule has 0 amide bonds. The van der Waals surface area contributed by atoms with Gasteiger partial charge in [0.2, 0.25) is 0 Å². The smallest absolute Gasteiger partial charge is 0.314 e. The van der Waals surface area contributed by atoms with Crippen LogP contribution < -0.4 is 4.74 Å². The average Bonchev–Trinajstić information content (AvgIpc) is 2.83. The van der Waals surface area contributed by atoms with E-state index in [1.807, 2.05) is 0 Å². The number of ether oxygens (including phenoxy) is 1. The molecule has 0 spiro atoms. The molecule has 2 aromatic rings. The van der Waals surface area contributed by atoms with Crippen LogP contribution in [-0.2, 0) is 22.4 Å². The first-order valence-corrected chi connectivity index (χ1v) is 10.3. The molecule has 2 N–H and O–H groups in total. The second-order valence-corrected chi connectivity index (χ2v) is 8.07. The fraction of sp³-hybridized carbons (Fsp3) is 0.391. The Hall–Kier alpha value is -2.57. The molecule has 1 aliphatic heterocycles. The van der Waals surface area contributed by atoms with Gasteiger partial charge in [-0.1, -0.05) is 35.9 Å². The Morgan fingerprint density at radius 2 is 1.80 bits per heavy atom. The van der Waals surface area contributed by atoms with Crippen molar-refractivity contribution in [1.82, 2.24) is 4.90 Å². The number of carboxylic acids is 2. The lowest BCUT2D eigenvalue weighted by Crippen LogP contribution is -2.39. The van der Waals surface area contributed by atoms with E-state index in [2.05, 4.69) is 48.3 Å². The highest BCUT2D eigenvalue weighted by Gasteiger charge is 2.36. The number of benzene rings is 2. The summed E-state index contributed by atoms with van der Waals surface area (Å²) in [7, 11) is 3.96. The molecule has 2 aromatic carbocycles. The Morgan fingerprint density at radius 1 is 1.10 bits per heavy atom. The summed E-state index contributed by atoms with van der Waals surface area (Å²) < 4.78 is 5.50. The molecule has 160 valence electrons. The van der Waals surface area contributed by atoms with Crippen LogP contribution in [0.4, 0.5) is 0 Å². The van der Waals surface area contributed by atoms with Crippen LogP contribution >= 0.6 is 11.6 Å². The van der Waals surface area contributed by atoms with Gasteiger partial charge in [0.05, 0.1) is 12.1 Å². The van der Waals surface area contributed by atoms with Gasteiger partial charge in [0, 0.05) is 18.5 Å². The van der Waals surface area contributed by atoms with Gasteiger partial charge in [0.1, 0.15) is 12.2 Å². The molecule has 0 radical (unpaired) electrons. The van der Waals surface area contributed by atoms with Gasteiger partial charge < -0.3 is 19.8 Å². The molecule has 0 aromatic heterocycles. The van der Waals surface area contributed by atoms with Gasteiger partial charge in [-0.25, -0.2) is 0 Å². The molecule has 0 saturated carbocycles. The Morgan fingerprint density at radius 3 is 2.43 bits per heavy atom. The van der Waals surface area contributed by atoms with Gasteiger partial charge in [0.25, 0.3) is 0 Å². The third kappa shape index (κ3) is 4.77. The number of methoxy groups -OCH3 is 1. The summed E-state index contributed by atoms with van der Waals surface area (Å²) in [4.78, 5) is 21.4. The number of halogens is 1. The van der Waals surface area contributed by atoms with Crippen molar-refractivity contribution >= 4 is 23.5 Å². The highest BCUT2D eigenvalue weighted by Crippen LogP contribution is 2.44. The van der Waals surface area contributed by atoms with Gasteiger partial charge in [-0.3, -0.25) is 9.59 Å². The van der Waals surface area contributed by atoms with E-state index in [-0.39, 0.29) is 0 Å². The van der Waals surface area contributed by atoms with Crippen LogP contribution in [0.3, 0.4) is 0 Å². The molecule has 1 aliphatic carbocycles. The predicted molar refractivity (Wildman–Crippen MR) is 115 cm³/mol. The zero-order chi connectivity index (χ0) is 21.8. The lowest BCUT2D eigenvalue weighted by atomic mass is 9.74. The first-order valence-electron chi connectivity index (χ1n) is 9.89. The maximum atomic E-state index is 9.43. The quantitative estimate of drug-likeness (QED) is 0.718. The van der Waals surface area contributed by atoms with E-state index in [1.165, 1.54) is 35.1 Å². The minimum atomic E-state index is -1.31. The summed E-state index contributed by atoms with van der Waals surface area (Å²) in [6.45, 7) is 1.08. The number of hydrogen-bond acceptors (Lipinski definition) is 4. The number of aliphatic carboxylic acids is 2. The molecule has 0 saturated heterocycles. The number of aryl methyl sites for hydroxylation is 1. The fourth-order valence-electron chi connectivity index (χ4n) is 4.46. The summed E-state index contributed by atoms with van der Waals surface area (Å²) in [6.07, 6.45) is 2.62. The molecule has 0 bridgehead atoms. The number of likely N-dealkylation sites (N-methyl/N-ethyl adjacent to an activating group) is 1. The first-order chi connectivity index (χ1) is 14.3. The molecule has 2 atom stereocenters. The van der Waals surface area contributed by atoms with E-state index in [1.54, 1.807) is 7.11 Å². The van der Waals surface area contributed by atoms with E-state index in [0.717, 1.165) is 23.7 Å². The van der Waals surface area contributed by atoms with Crippen LogP contribution in [0.1, 0.15) is 41.0 Å². The lowest BCUT2D eigenvalue weighted by Gasteiger charge is -2.38. The molecular formula is C23H26ClNO5. The SMILES string of the molecule is COc1cc2c(cc1Cl)CCN(C)[C@H]1CCc3ccccc3[C@H]21.O=C(O)CC(=O)O. The van der Waals surface area contributed by atoms with Crippen LogP contribution in [0, 0.1) is 0 Å². The number of fused-ring (bicyclic) bond motifs is 5. The van der Waals surface area contributed by atoms with Crippen LogP contribution in [0.5, 0.6) is 5.75 Å². The molecule has 6 nitrogen and oxygen atoms in total. The molecule has 30 heavy (non-hydrogen) atoms. The van der Waals surface area contributed by atoms with E-state index in [4.69, 9.17) is 26.6 Å². The number of hydrogen-bond donors (Lipinski definition) is 2. The molecule has 2 aliphatic rings. The van der Waals surface area contributed by atoms with Gasteiger partial charge in [-0.15, -0.1) is 0 Å². The topological polar surface area (TPSA) is 87.1 Å². The molecule has 0 fully saturated rings. The Bertz CT molecular complexity index is 933. The fourth-order valence-corrected chi connectivity index (χ4v) is 4.72. The van der Waals surface area contributed by atoms with Crippen LogP contribution in [0.2, 0.25) is 5.02 Å². The van der Waals surface area contributed by atoms with Gasteiger partial charge in [-0.05, 0) is 60.7 Å². The number of carboxylic acid groups (broad SMARTS) is 2. The molecule has 1 heterocycles. The van der Waals surface area contributed by atoms with Crippen molar-refractivity contribution in [2.24, 2.45) is 0 Å². The summed E-state index contributed by atoms with van der Waals surface area (Å²) in [5.74, 6) is -1.43. The number of nitrogens with zero attached hydrogens (tertiary/aromatic N) is 1. The molecular weight excluding hydrogens is 406 g/mol. The average molecular weight is 432 g/mol. The zero-order valence-electron chi connectivity index (χ0n) is 17.1. The monoisotopic (exact) mass is 431 g/mol. The van der Waals surface area contributed by atoms with E-state index in [9.17, 15) is 9.59 Å². The Balaban J connectivity index is 0.000000318. The lowest BCUT2D eigenvalue weighted by molar-refractivity contribution is -0.147. The van der Waals surface area contributed by atoms with Crippen molar-refractivity contribution in [2.45, 2.75) is 37.6 Å². The van der Waals surface area contributed by atoms with Crippen LogP contribution in [0.15, 0.2) is 36.4 Å². The second-order valence-electron chi connectivity index (χ2n) is 7.66. The van der Waals surface area contributed by atoms with Crippen LogP contribution in [0.25, 0.3) is 0 Å². The normalized spacial score (nSPS) is 19.8. The van der Waals surface area contributed by atoms with E-state index >= 15 is 0 Å². The summed E-state index contributed by atoms with van der Waals surface area (Å²) in [5.41, 5.74) is 5.73. The molecule has 0 unspecified atom stereocenters. The van der Waals surface area contributed by atoms with Gasteiger partial charge >= 0.3 is 11.9 Å². The zero-order valence-corrected chi connectivity index (χ0v) is 17.9. The first kappa shape index (κ1) is 22.1. The maximum Gasteiger partial charge on any atom is 0.314 e. The third-order valence-corrected chi connectivity index (χ3v) is 6.13. The standard InChI is InChI=1S/C20H22ClNO.C3H4O4/c1-22-10-9-14-11-17(21)19(23-2)12-16(14)20-15-6-4-3-5-13(15)7-8-18(20)22;4-2(5)1-3(6)7/h3-6,11-12,18,20H,7-10H2,1-2H3;1H2,(H,4,5)(H,6,7)/t18-,20+;/m0./s1. The van der Waals surface area contributed by atoms with Crippen molar-refractivity contribution < 1.29 is 24.5 Å². The van der Waals surface area contributed by atoms with Crippen LogP contribution in [-0.4, -0.2) is 53.8 Å².